The molecule has 0 aliphatic rings. The van der Waals surface area contributed by atoms with Gasteiger partial charge in [0.05, 0.1) is 11.6 Å². The number of hydrazine groups is 1. The second kappa shape index (κ2) is 5.32. The Balaban J connectivity index is 2.42. The molecule has 1 aromatic carbocycles. The molecule has 1 aromatic heterocycles. The molecule has 0 aliphatic heterocycles. The van der Waals surface area contributed by atoms with Gasteiger partial charge < -0.3 is 0 Å². The van der Waals surface area contributed by atoms with Crippen molar-refractivity contribution in [1.82, 2.24) is 5.43 Å². The maximum Gasteiger partial charge on any atom is 0.416 e. The molecular weight excluding hydrogens is 273 g/mol. The summed E-state index contributed by atoms with van der Waals surface area (Å²) in [6.45, 7) is 1.91. The standard InChI is InChI=1S/C13H13F3N2S/c1-8-5-6-19-12(8)11(18-17)9-3-2-4-10(7-9)13(14,15)16/h2-7,11,18H,17H2,1H3. The molecule has 6 heteroatoms. The fourth-order valence-electron chi connectivity index (χ4n) is 1.90. The number of aryl methyl sites for hydroxylation is 1. The second-order valence-corrected chi connectivity index (χ2v) is 5.14. The molecule has 0 bridgehead atoms. The predicted molar refractivity (Wildman–Crippen MR) is 69.7 cm³/mol. The van der Waals surface area contributed by atoms with Gasteiger partial charge in [0.2, 0.25) is 0 Å². The minimum Gasteiger partial charge on any atom is -0.271 e. The van der Waals surface area contributed by atoms with E-state index >= 15 is 0 Å². The summed E-state index contributed by atoms with van der Waals surface area (Å²) in [6, 6.07) is 6.70. The van der Waals surface area contributed by atoms with Crippen LogP contribution in [-0.4, -0.2) is 0 Å². The van der Waals surface area contributed by atoms with E-state index in [0.717, 1.165) is 22.6 Å². The highest BCUT2D eigenvalue weighted by Gasteiger charge is 2.31. The predicted octanol–water partition coefficient (Wildman–Crippen LogP) is 3.63. The van der Waals surface area contributed by atoms with Gasteiger partial charge in [-0.15, -0.1) is 11.3 Å². The molecular formula is C13H13F3N2S. The van der Waals surface area contributed by atoms with Crippen molar-refractivity contribution in [2.75, 3.05) is 0 Å². The number of halogens is 3. The minimum atomic E-state index is -4.35. The Bertz CT molecular complexity index is 563. The maximum atomic E-state index is 12.7. The highest BCUT2D eigenvalue weighted by Crippen LogP contribution is 2.33. The lowest BCUT2D eigenvalue weighted by atomic mass is 10.0. The molecule has 0 fully saturated rings. The number of rotatable bonds is 3. The van der Waals surface area contributed by atoms with E-state index in [2.05, 4.69) is 5.43 Å². The van der Waals surface area contributed by atoms with E-state index < -0.39 is 17.8 Å². The average molecular weight is 286 g/mol. The van der Waals surface area contributed by atoms with Crippen LogP contribution in [0, 0.1) is 6.92 Å². The van der Waals surface area contributed by atoms with Crippen LogP contribution in [0.15, 0.2) is 35.7 Å². The van der Waals surface area contributed by atoms with Crippen LogP contribution in [0.5, 0.6) is 0 Å². The number of alkyl halides is 3. The summed E-state index contributed by atoms with van der Waals surface area (Å²) in [6.07, 6.45) is -4.35. The molecule has 2 rings (SSSR count). The molecule has 1 atom stereocenters. The molecule has 0 saturated heterocycles. The van der Waals surface area contributed by atoms with E-state index in [-0.39, 0.29) is 0 Å². The van der Waals surface area contributed by atoms with Crippen molar-refractivity contribution >= 4 is 11.3 Å². The van der Waals surface area contributed by atoms with Crippen molar-refractivity contribution in [3.05, 3.63) is 57.3 Å². The third-order valence-corrected chi connectivity index (χ3v) is 3.96. The quantitative estimate of drug-likeness (QED) is 0.668. The van der Waals surface area contributed by atoms with Crippen molar-refractivity contribution in [2.45, 2.75) is 19.1 Å². The molecule has 19 heavy (non-hydrogen) atoms. The number of benzene rings is 1. The van der Waals surface area contributed by atoms with Gasteiger partial charge >= 0.3 is 6.18 Å². The first-order valence-electron chi connectivity index (χ1n) is 5.60. The summed E-state index contributed by atoms with van der Waals surface area (Å²) in [5, 5.41) is 1.89. The molecule has 1 unspecified atom stereocenters. The molecule has 2 aromatic rings. The highest BCUT2D eigenvalue weighted by molar-refractivity contribution is 7.10. The number of hydrogen-bond acceptors (Lipinski definition) is 3. The molecule has 0 saturated carbocycles. The van der Waals surface area contributed by atoms with Gasteiger partial charge in [0.15, 0.2) is 0 Å². The number of nitrogens with one attached hydrogen (secondary N) is 1. The summed E-state index contributed by atoms with van der Waals surface area (Å²) in [5.74, 6) is 5.50. The molecule has 0 radical (unpaired) electrons. The minimum absolute atomic E-state index is 0.428. The third kappa shape index (κ3) is 2.97. The van der Waals surface area contributed by atoms with E-state index in [9.17, 15) is 13.2 Å². The van der Waals surface area contributed by atoms with Gasteiger partial charge in [-0.25, -0.2) is 5.43 Å². The van der Waals surface area contributed by atoms with Crippen molar-refractivity contribution in [1.29, 1.82) is 0 Å². The van der Waals surface area contributed by atoms with Gasteiger partial charge in [0.1, 0.15) is 0 Å². The molecule has 0 aliphatic carbocycles. The molecule has 1 heterocycles. The summed E-state index contributed by atoms with van der Waals surface area (Å²) in [7, 11) is 0. The normalized spacial score (nSPS) is 13.5. The Morgan fingerprint density at radius 1 is 1.26 bits per heavy atom. The maximum absolute atomic E-state index is 12.7. The monoisotopic (exact) mass is 286 g/mol. The average Bonchev–Trinajstić information content (AvgIpc) is 2.76. The summed E-state index contributed by atoms with van der Waals surface area (Å²) in [5.41, 5.74) is 3.42. The van der Waals surface area contributed by atoms with Crippen LogP contribution in [0.4, 0.5) is 13.2 Å². The second-order valence-electron chi connectivity index (χ2n) is 4.19. The molecule has 102 valence electrons. The zero-order valence-corrected chi connectivity index (χ0v) is 11.0. The van der Waals surface area contributed by atoms with E-state index in [1.165, 1.54) is 17.4 Å². The molecule has 3 N–H and O–H groups in total. The summed E-state index contributed by atoms with van der Waals surface area (Å²) >= 11 is 1.47. The molecule has 2 nitrogen and oxygen atoms in total. The number of hydrogen-bond donors (Lipinski definition) is 2. The van der Waals surface area contributed by atoms with Crippen molar-refractivity contribution in [2.24, 2.45) is 5.84 Å². The van der Waals surface area contributed by atoms with Gasteiger partial charge in [-0.2, -0.15) is 13.2 Å². The Labute approximate surface area is 113 Å². The zero-order valence-electron chi connectivity index (χ0n) is 10.2. The van der Waals surface area contributed by atoms with Gasteiger partial charge in [-0.05, 0) is 41.6 Å². The van der Waals surface area contributed by atoms with Crippen molar-refractivity contribution in [3.63, 3.8) is 0 Å². The smallest absolute Gasteiger partial charge is 0.271 e. The first-order valence-corrected chi connectivity index (χ1v) is 6.48. The van der Waals surface area contributed by atoms with Crippen LogP contribution in [0.25, 0.3) is 0 Å². The largest absolute Gasteiger partial charge is 0.416 e. The first kappa shape index (κ1) is 14.0. The van der Waals surface area contributed by atoms with Crippen LogP contribution in [0.3, 0.4) is 0 Å². The molecule has 0 amide bonds. The SMILES string of the molecule is Cc1ccsc1C(NN)c1cccc(C(F)(F)F)c1. The fraction of sp³-hybridized carbons (Fsp3) is 0.231. The van der Waals surface area contributed by atoms with Crippen LogP contribution in [0.1, 0.15) is 27.6 Å². The highest BCUT2D eigenvalue weighted by atomic mass is 32.1. The van der Waals surface area contributed by atoms with Crippen molar-refractivity contribution in [3.8, 4) is 0 Å². The third-order valence-electron chi connectivity index (χ3n) is 2.88. The van der Waals surface area contributed by atoms with Gasteiger partial charge in [-0.3, -0.25) is 5.84 Å². The van der Waals surface area contributed by atoms with E-state index in [1.807, 2.05) is 18.4 Å². The van der Waals surface area contributed by atoms with Crippen LogP contribution >= 0.6 is 11.3 Å². The van der Waals surface area contributed by atoms with Crippen LogP contribution in [-0.2, 0) is 6.18 Å². The number of nitrogens with two attached hydrogens (primary N) is 1. The van der Waals surface area contributed by atoms with Crippen LogP contribution in [0.2, 0.25) is 0 Å². The van der Waals surface area contributed by atoms with Gasteiger partial charge in [0, 0.05) is 4.88 Å². The Morgan fingerprint density at radius 3 is 2.53 bits per heavy atom. The van der Waals surface area contributed by atoms with E-state index in [1.54, 1.807) is 6.07 Å². The fourth-order valence-corrected chi connectivity index (χ4v) is 2.91. The van der Waals surface area contributed by atoms with Crippen LogP contribution < -0.4 is 11.3 Å². The zero-order chi connectivity index (χ0) is 14.0. The lowest BCUT2D eigenvalue weighted by Gasteiger charge is -2.17. The van der Waals surface area contributed by atoms with E-state index in [0.29, 0.717) is 5.56 Å². The Morgan fingerprint density at radius 2 is 2.00 bits per heavy atom. The molecule has 0 spiro atoms. The summed E-state index contributed by atoms with van der Waals surface area (Å²) in [4.78, 5) is 0.918. The Hall–Kier alpha value is -1.37. The first-order chi connectivity index (χ1) is 8.93. The van der Waals surface area contributed by atoms with Gasteiger partial charge in [0.25, 0.3) is 0 Å². The topological polar surface area (TPSA) is 38.0 Å². The summed E-state index contributed by atoms with van der Waals surface area (Å²) < 4.78 is 38.1. The lowest BCUT2D eigenvalue weighted by Crippen LogP contribution is -2.28. The lowest BCUT2D eigenvalue weighted by molar-refractivity contribution is -0.137. The Kier molecular flexibility index (Phi) is 3.93. The number of thiophene rings is 1. The van der Waals surface area contributed by atoms with Crippen molar-refractivity contribution < 1.29 is 13.2 Å². The van der Waals surface area contributed by atoms with Gasteiger partial charge in [-0.1, -0.05) is 12.1 Å². The van der Waals surface area contributed by atoms with E-state index in [4.69, 9.17) is 5.84 Å².